The summed E-state index contributed by atoms with van der Waals surface area (Å²) in [5.41, 5.74) is 1.33. The number of nitrogens with one attached hydrogen (secondary N) is 1. The molecule has 0 aliphatic heterocycles. The molecule has 0 aliphatic carbocycles. The summed E-state index contributed by atoms with van der Waals surface area (Å²) in [6.45, 7) is 4.16. The number of thiophene rings is 2. The Labute approximate surface area is 113 Å². The van der Waals surface area contributed by atoms with Crippen LogP contribution >= 0.6 is 38.6 Å². The minimum Gasteiger partial charge on any atom is -0.311 e. The number of rotatable bonds is 5. The summed E-state index contributed by atoms with van der Waals surface area (Å²) in [6.07, 6.45) is 1.13. The van der Waals surface area contributed by atoms with E-state index in [1.165, 1.54) is 19.1 Å². The summed E-state index contributed by atoms with van der Waals surface area (Å²) in [6, 6.07) is 6.55. The first-order chi connectivity index (χ1) is 7.75. The number of hydrogen-bond acceptors (Lipinski definition) is 3. The van der Waals surface area contributed by atoms with E-state index in [0.717, 1.165) is 19.5 Å². The molecule has 0 radical (unpaired) electrons. The van der Waals surface area contributed by atoms with Gasteiger partial charge in [-0.05, 0) is 52.4 Å². The fraction of sp³-hybridized carbons (Fsp3) is 0.333. The van der Waals surface area contributed by atoms with Crippen molar-refractivity contribution in [1.29, 1.82) is 0 Å². The van der Waals surface area contributed by atoms with E-state index in [0.29, 0.717) is 0 Å². The smallest absolute Gasteiger partial charge is 0.0730 e. The first kappa shape index (κ1) is 12.3. The van der Waals surface area contributed by atoms with Crippen molar-refractivity contribution in [2.75, 3.05) is 6.54 Å². The van der Waals surface area contributed by atoms with Gasteiger partial charge in [-0.2, -0.15) is 0 Å². The third-order valence-electron chi connectivity index (χ3n) is 2.34. The van der Waals surface area contributed by atoms with Gasteiger partial charge in [-0.3, -0.25) is 0 Å². The lowest BCUT2D eigenvalue weighted by atomic mass is 10.3. The van der Waals surface area contributed by atoms with Crippen molar-refractivity contribution in [2.45, 2.75) is 19.9 Å². The van der Waals surface area contributed by atoms with Gasteiger partial charge in [0, 0.05) is 22.8 Å². The fourth-order valence-electron chi connectivity index (χ4n) is 1.49. The Morgan fingerprint density at radius 3 is 2.88 bits per heavy atom. The summed E-state index contributed by atoms with van der Waals surface area (Å²) >= 11 is 7.20. The molecule has 2 heterocycles. The molecule has 0 unspecified atom stereocenters. The highest BCUT2D eigenvalue weighted by molar-refractivity contribution is 9.11. The molecule has 0 saturated carbocycles. The van der Waals surface area contributed by atoms with Crippen molar-refractivity contribution in [3.8, 4) is 0 Å². The van der Waals surface area contributed by atoms with Crippen LogP contribution in [0, 0.1) is 6.92 Å². The highest BCUT2D eigenvalue weighted by Gasteiger charge is 2.02. The Morgan fingerprint density at radius 2 is 2.25 bits per heavy atom. The molecule has 0 atom stereocenters. The maximum atomic E-state index is 3.55. The molecule has 0 fully saturated rings. The summed E-state index contributed by atoms with van der Waals surface area (Å²) < 4.78 is 1.25. The van der Waals surface area contributed by atoms with Crippen molar-refractivity contribution in [3.05, 3.63) is 42.7 Å². The van der Waals surface area contributed by atoms with Gasteiger partial charge in [-0.25, -0.2) is 0 Å². The van der Waals surface area contributed by atoms with Gasteiger partial charge >= 0.3 is 0 Å². The van der Waals surface area contributed by atoms with Gasteiger partial charge in [0.05, 0.1) is 3.79 Å². The number of hydrogen-bond donors (Lipinski definition) is 1. The molecular weight excluding hydrogens is 302 g/mol. The number of aryl methyl sites for hydroxylation is 1. The molecule has 2 aromatic rings. The molecule has 2 aromatic heterocycles. The Balaban J connectivity index is 1.72. The van der Waals surface area contributed by atoms with Crippen LogP contribution in [0.3, 0.4) is 0 Å². The largest absolute Gasteiger partial charge is 0.311 e. The Morgan fingerprint density at radius 1 is 1.38 bits per heavy atom. The molecule has 0 aromatic carbocycles. The predicted octanol–water partition coefficient (Wildman–Crippen LogP) is 4.21. The highest BCUT2D eigenvalue weighted by atomic mass is 79.9. The van der Waals surface area contributed by atoms with Gasteiger partial charge in [0.1, 0.15) is 0 Å². The SMILES string of the molecule is Cc1cc(CNCCc2cccs2)sc1Br. The van der Waals surface area contributed by atoms with Gasteiger partial charge in [0.15, 0.2) is 0 Å². The van der Waals surface area contributed by atoms with Crippen LogP contribution in [-0.4, -0.2) is 6.54 Å². The summed E-state index contributed by atoms with van der Waals surface area (Å²) in [5, 5.41) is 5.61. The normalized spacial score (nSPS) is 10.9. The van der Waals surface area contributed by atoms with Gasteiger partial charge in [-0.1, -0.05) is 6.07 Å². The van der Waals surface area contributed by atoms with Crippen LogP contribution in [0.5, 0.6) is 0 Å². The number of halogens is 1. The maximum absolute atomic E-state index is 3.55. The lowest BCUT2D eigenvalue weighted by Crippen LogP contribution is -2.15. The van der Waals surface area contributed by atoms with Crippen molar-refractivity contribution in [1.82, 2.24) is 5.32 Å². The van der Waals surface area contributed by atoms with E-state index in [2.05, 4.69) is 51.7 Å². The zero-order valence-electron chi connectivity index (χ0n) is 9.13. The van der Waals surface area contributed by atoms with Crippen molar-refractivity contribution in [2.24, 2.45) is 0 Å². The Hall–Kier alpha value is -0.160. The van der Waals surface area contributed by atoms with E-state index in [1.807, 2.05) is 22.7 Å². The Bertz CT molecular complexity index is 414. The first-order valence-corrected chi connectivity index (χ1v) is 7.72. The van der Waals surface area contributed by atoms with Crippen LogP contribution in [0.25, 0.3) is 0 Å². The molecule has 0 spiro atoms. The van der Waals surface area contributed by atoms with Crippen LogP contribution in [0.15, 0.2) is 27.4 Å². The first-order valence-electron chi connectivity index (χ1n) is 5.23. The topological polar surface area (TPSA) is 12.0 Å². The fourth-order valence-corrected chi connectivity index (χ4v) is 3.80. The Kier molecular flexibility index (Phi) is 4.58. The van der Waals surface area contributed by atoms with E-state index in [1.54, 1.807) is 0 Å². The minimum absolute atomic E-state index is 0.975. The van der Waals surface area contributed by atoms with Gasteiger partial charge in [0.25, 0.3) is 0 Å². The molecule has 0 aliphatic rings. The monoisotopic (exact) mass is 315 g/mol. The third-order valence-corrected chi connectivity index (χ3v) is 5.41. The van der Waals surface area contributed by atoms with Gasteiger partial charge in [0.2, 0.25) is 0 Å². The van der Waals surface area contributed by atoms with Crippen LogP contribution in [-0.2, 0) is 13.0 Å². The highest BCUT2D eigenvalue weighted by Crippen LogP contribution is 2.27. The predicted molar refractivity (Wildman–Crippen MR) is 76.5 cm³/mol. The van der Waals surface area contributed by atoms with Crippen LogP contribution in [0.1, 0.15) is 15.3 Å². The molecule has 2 rings (SSSR count). The van der Waals surface area contributed by atoms with Crippen molar-refractivity contribution in [3.63, 3.8) is 0 Å². The van der Waals surface area contributed by atoms with E-state index in [4.69, 9.17) is 0 Å². The standard InChI is InChI=1S/C12H14BrNS2/c1-9-7-11(16-12(9)13)8-14-5-4-10-3-2-6-15-10/h2-3,6-7,14H,4-5,8H2,1H3. The molecular formula is C12H14BrNS2. The van der Waals surface area contributed by atoms with Crippen LogP contribution < -0.4 is 5.32 Å². The maximum Gasteiger partial charge on any atom is 0.0730 e. The van der Waals surface area contributed by atoms with Gasteiger partial charge < -0.3 is 5.32 Å². The second kappa shape index (κ2) is 5.96. The summed E-state index contributed by atoms with van der Waals surface area (Å²) in [5.74, 6) is 0. The van der Waals surface area contributed by atoms with E-state index in [-0.39, 0.29) is 0 Å². The van der Waals surface area contributed by atoms with E-state index >= 15 is 0 Å². The summed E-state index contributed by atoms with van der Waals surface area (Å²) in [7, 11) is 0. The molecule has 16 heavy (non-hydrogen) atoms. The van der Waals surface area contributed by atoms with E-state index in [9.17, 15) is 0 Å². The quantitative estimate of drug-likeness (QED) is 0.815. The molecule has 1 nitrogen and oxygen atoms in total. The molecule has 0 saturated heterocycles. The molecule has 4 heteroatoms. The average molecular weight is 316 g/mol. The zero-order valence-corrected chi connectivity index (χ0v) is 12.3. The third kappa shape index (κ3) is 3.42. The lowest BCUT2D eigenvalue weighted by molar-refractivity contribution is 0.697. The molecule has 0 amide bonds. The average Bonchev–Trinajstić information content (AvgIpc) is 2.85. The summed E-state index contributed by atoms with van der Waals surface area (Å²) in [4.78, 5) is 2.85. The van der Waals surface area contributed by atoms with Crippen LogP contribution in [0.2, 0.25) is 0 Å². The molecule has 1 N–H and O–H groups in total. The second-order valence-electron chi connectivity index (χ2n) is 3.68. The van der Waals surface area contributed by atoms with Crippen LogP contribution in [0.4, 0.5) is 0 Å². The van der Waals surface area contributed by atoms with E-state index < -0.39 is 0 Å². The second-order valence-corrected chi connectivity index (χ2v) is 7.16. The van der Waals surface area contributed by atoms with Gasteiger partial charge in [-0.15, -0.1) is 22.7 Å². The van der Waals surface area contributed by atoms with Crippen molar-refractivity contribution < 1.29 is 0 Å². The minimum atomic E-state index is 0.975. The molecule has 86 valence electrons. The molecule has 0 bridgehead atoms. The lowest BCUT2D eigenvalue weighted by Gasteiger charge is -2.00. The zero-order chi connectivity index (χ0) is 11.4. The van der Waals surface area contributed by atoms with Crippen molar-refractivity contribution >= 4 is 38.6 Å².